The molecule has 0 saturated carbocycles. The Hall–Kier alpha value is -4.72. The highest BCUT2D eigenvalue weighted by Gasteiger charge is 2.22. The second-order valence-electron chi connectivity index (χ2n) is 8.89. The summed E-state index contributed by atoms with van der Waals surface area (Å²) in [5.74, 6) is 2.07. The molecule has 7 rings (SSSR count). The molecule has 6 aromatic rings. The highest BCUT2D eigenvalue weighted by molar-refractivity contribution is 6.04. The molecular formula is C28H21N5O3. The van der Waals surface area contributed by atoms with Gasteiger partial charge in [-0.25, -0.2) is 15.0 Å². The van der Waals surface area contributed by atoms with Gasteiger partial charge in [-0.15, -0.1) is 0 Å². The lowest BCUT2D eigenvalue weighted by atomic mass is 10.2. The fourth-order valence-electron chi connectivity index (χ4n) is 4.82. The van der Waals surface area contributed by atoms with Crippen LogP contribution < -0.4 is 15.0 Å². The van der Waals surface area contributed by atoms with Crippen molar-refractivity contribution in [3.63, 3.8) is 0 Å². The van der Waals surface area contributed by atoms with E-state index in [9.17, 15) is 4.79 Å². The molecule has 0 amide bonds. The third kappa shape index (κ3) is 3.22. The molecule has 8 heteroatoms. The van der Waals surface area contributed by atoms with Crippen LogP contribution >= 0.6 is 0 Å². The van der Waals surface area contributed by atoms with Gasteiger partial charge in [-0.1, -0.05) is 48.5 Å². The zero-order chi connectivity index (χ0) is 24.2. The van der Waals surface area contributed by atoms with Gasteiger partial charge in [0.1, 0.15) is 16.7 Å². The Kier molecular flexibility index (Phi) is 4.54. The summed E-state index contributed by atoms with van der Waals surface area (Å²) < 4.78 is 14.7. The smallest absolute Gasteiger partial charge is 0.265 e. The Bertz CT molecular complexity index is 1860. The van der Waals surface area contributed by atoms with Gasteiger partial charge in [-0.05, 0) is 42.3 Å². The maximum absolute atomic E-state index is 13.9. The highest BCUT2D eigenvalue weighted by Crippen LogP contribution is 2.34. The van der Waals surface area contributed by atoms with Crippen LogP contribution in [-0.2, 0) is 13.1 Å². The lowest BCUT2D eigenvalue weighted by Crippen LogP contribution is -2.24. The highest BCUT2D eigenvalue weighted by atomic mass is 16.7. The number of hydrogen-bond donors (Lipinski definition) is 0. The molecule has 176 valence electrons. The molecule has 0 saturated heterocycles. The van der Waals surface area contributed by atoms with E-state index in [0.29, 0.717) is 46.9 Å². The fourth-order valence-corrected chi connectivity index (χ4v) is 4.82. The first kappa shape index (κ1) is 20.6. The first-order valence-electron chi connectivity index (χ1n) is 11.7. The van der Waals surface area contributed by atoms with Gasteiger partial charge in [0, 0.05) is 0 Å². The molecule has 0 radical (unpaired) electrons. The van der Waals surface area contributed by atoms with Gasteiger partial charge in [0.2, 0.25) is 6.79 Å². The molecule has 0 unspecified atom stereocenters. The van der Waals surface area contributed by atoms with Gasteiger partial charge >= 0.3 is 0 Å². The molecule has 1 aliphatic heterocycles. The zero-order valence-electron chi connectivity index (χ0n) is 19.5. The van der Waals surface area contributed by atoms with Crippen molar-refractivity contribution in [2.75, 3.05) is 6.79 Å². The largest absolute Gasteiger partial charge is 0.454 e. The number of hydrogen-bond acceptors (Lipinski definition) is 6. The maximum atomic E-state index is 13.9. The van der Waals surface area contributed by atoms with Crippen molar-refractivity contribution >= 4 is 33.2 Å². The van der Waals surface area contributed by atoms with Crippen LogP contribution in [0.25, 0.3) is 33.2 Å². The molecule has 4 heterocycles. The molecule has 0 N–H and O–H groups in total. The molecule has 0 aliphatic carbocycles. The van der Waals surface area contributed by atoms with Crippen LogP contribution in [0.3, 0.4) is 0 Å². The van der Waals surface area contributed by atoms with Crippen molar-refractivity contribution in [1.82, 2.24) is 24.1 Å². The predicted octanol–water partition coefficient (Wildman–Crippen LogP) is 4.43. The summed E-state index contributed by atoms with van der Waals surface area (Å²) in [6, 6.07) is 23.5. The second kappa shape index (κ2) is 7.91. The monoisotopic (exact) mass is 475 g/mol. The Balaban J connectivity index is 1.49. The Morgan fingerprint density at radius 2 is 1.47 bits per heavy atom. The Labute approximate surface area is 205 Å². The van der Waals surface area contributed by atoms with Crippen molar-refractivity contribution in [2.24, 2.45) is 0 Å². The van der Waals surface area contributed by atoms with Crippen LogP contribution in [0.2, 0.25) is 0 Å². The number of para-hydroxylation sites is 2. The van der Waals surface area contributed by atoms with E-state index in [-0.39, 0.29) is 12.4 Å². The van der Waals surface area contributed by atoms with Crippen LogP contribution in [0, 0.1) is 6.92 Å². The SMILES string of the molecule is Cc1nc2c(c(=O)n1Cc1ccccc1)c1nc3ccccc3nc1n2Cc1ccc2c(c1)OCO2. The summed E-state index contributed by atoms with van der Waals surface area (Å²) in [6.07, 6.45) is 0. The lowest BCUT2D eigenvalue weighted by molar-refractivity contribution is 0.174. The average molecular weight is 476 g/mol. The summed E-state index contributed by atoms with van der Waals surface area (Å²) in [7, 11) is 0. The molecule has 1 aliphatic rings. The molecule has 0 fully saturated rings. The number of rotatable bonds is 4. The van der Waals surface area contributed by atoms with Crippen LogP contribution in [0.4, 0.5) is 0 Å². The normalized spacial score (nSPS) is 12.7. The number of aryl methyl sites for hydroxylation is 1. The molecule has 3 aromatic heterocycles. The van der Waals surface area contributed by atoms with Crippen molar-refractivity contribution < 1.29 is 9.47 Å². The van der Waals surface area contributed by atoms with E-state index in [1.807, 2.05) is 84.3 Å². The van der Waals surface area contributed by atoms with Gasteiger partial charge in [-0.3, -0.25) is 9.36 Å². The minimum atomic E-state index is -0.125. The van der Waals surface area contributed by atoms with E-state index in [1.54, 1.807) is 4.57 Å². The molecular weight excluding hydrogens is 454 g/mol. The third-order valence-electron chi connectivity index (χ3n) is 6.60. The van der Waals surface area contributed by atoms with E-state index < -0.39 is 0 Å². The summed E-state index contributed by atoms with van der Waals surface area (Å²) in [4.78, 5) is 28.7. The maximum Gasteiger partial charge on any atom is 0.265 e. The molecule has 36 heavy (non-hydrogen) atoms. The summed E-state index contributed by atoms with van der Waals surface area (Å²) in [5.41, 5.74) is 5.16. The van der Waals surface area contributed by atoms with Crippen LogP contribution in [-0.4, -0.2) is 30.9 Å². The molecule has 0 spiro atoms. The number of aromatic nitrogens is 5. The summed E-state index contributed by atoms with van der Waals surface area (Å²) in [6.45, 7) is 2.97. The topological polar surface area (TPSA) is 84.1 Å². The van der Waals surface area contributed by atoms with Crippen LogP contribution in [0.15, 0.2) is 77.6 Å². The van der Waals surface area contributed by atoms with Gasteiger partial charge in [-0.2, -0.15) is 0 Å². The molecule has 0 atom stereocenters. The van der Waals surface area contributed by atoms with Crippen molar-refractivity contribution in [3.05, 3.63) is 100 Å². The standard InChI is InChI=1S/C28H21N5O3/c1-17-29-26-24(28(34)32(17)14-18-7-3-2-4-8-18)25-27(31-21-10-6-5-9-20(21)30-25)33(26)15-19-11-12-22-23(13-19)36-16-35-22/h2-13H,14-16H2,1H3. The van der Waals surface area contributed by atoms with Crippen molar-refractivity contribution in [2.45, 2.75) is 20.0 Å². The van der Waals surface area contributed by atoms with Gasteiger partial charge < -0.3 is 14.0 Å². The predicted molar refractivity (Wildman–Crippen MR) is 137 cm³/mol. The van der Waals surface area contributed by atoms with Crippen LogP contribution in [0.1, 0.15) is 17.0 Å². The Morgan fingerprint density at radius 1 is 0.750 bits per heavy atom. The first-order chi connectivity index (χ1) is 17.7. The van der Waals surface area contributed by atoms with Gasteiger partial charge in [0.05, 0.1) is 24.1 Å². The number of ether oxygens (including phenoxy) is 2. The average Bonchev–Trinajstić information content (AvgIpc) is 3.48. The Morgan fingerprint density at radius 3 is 2.31 bits per heavy atom. The van der Waals surface area contributed by atoms with Gasteiger partial charge in [0.15, 0.2) is 22.8 Å². The summed E-state index contributed by atoms with van der Waals surface area (Å²) >= 11 is 0. The van der Waals surface area contributed by atoms with E-state index in [4.69, 9.17) is 24.4 Å². The van der Waals surface area contributed by atoms with E-state index in [0.717, 1.165) is 27.9 Å². The van der Waals surface area contributed by atoms with Crippen LogP contribution in [0.5, 0.6) is 11.5 Å². The third-order valence-corrected chi connectivity index (χ3v) is 6.60. The number of nitrogens with zero attached hydrogens (tertiary/aromatic N) is 5. The number of benzene rings is 3. The molecule has 8 nitrogen and oxygen atoms in total. The lowest BCUT2D eigenvalue weighted by Gasteiger charge is -2.11. The van der Waals surface area contributed by atoms with Crippen molar-refractivity contribution in [3.8, 4) is 11.5 Å². The molecule has 0 bridgehead atoms. The van der Waals surface area contributed by atoms with Crippen molar-refractivity contribution in [1.29, 1.82) is 0 Å². The fraction of sp³-hybridized carbons (Fsp3) is 0.143. The minimum Gasteiger partial charge on any atom is -0.454 e. The molecule has 3 aromatic carbocycles. The number of fused-ring (bicyclic) bond motifs is 5. The minimum absolute atomic E-state index is 0.125. The van der Waals surface area contributed by atoms with E-state index >= 15 is 0 Å². The summed E-state index contributed by atoms with van der Waals surface area (Å²) in [5, 5.41) is 0.477. The second-order valence-corrected chi connectivity index (χ2v) is 8.89. The first-order valence-corrected chi connectivity index (χ1v) is 11.7. The van der Waals surface area contributed by atoms with E-state index in [2.05, 4.69) is 0 Å². The quantitative estimate of drug-likeness (QED) is 0.375. The zero-order valence-corrected chi connectivity index (χ0v) is 19.5. The van der Waals surface area contributed by atoms with Gasteiger partial charge in [0.25, 0.3) is 5.56 Å². The van der Waals surface area contributed by atoms with E-state index in [1.165, 1.54) is 0 Å².